The number of esters is 1. The number of aryl methyl sites for hydroxylation is 1. The van der Waals surface area contributed by atoms with E-state index in [1.165, 1.54) is 25.7 Å². The van der Waals surface area contributed by atoms with Crippen LogP contribution in [0, 0.1) is 6.92 Å². The van der Waals surface area contributed by atoms with Crippen LogP contribution in [-0.2, 0) is 4.74 Å². The Morgan fingerprint density at radius 2 is 1.83 bits per heavy atom. The van der Waals surface area contributed by atoms with Crippen molar-refractivity contribution in [1.29, 1.82) is 0 Å². The Bertz CT molecular complexity index is 358. The maximum atomic E-state index is 11.7. The van der Waals surface area contributed by atoms with Gasteiger partial charge in [-0.05, 0) is 25.5 Å². The molecular formula is C16H24O2. The third kappa shape index (κ3) is 5.85. The molecule has 1 aromatic carbocycles. The van der Waals surface area contributed by atoms with Crippen molar-refractivity contribution < 1.29 is 9.53 Å². The van der Waals surface area contributed by atoms with Crippen LogP contribution in [0.3, 0.4) is 0 Å². The molecule has 0 aliphatic carbocycles. The fourth-order valence-electron chi connectivity index (χ4n) is 1.90. The van der Waals surface area contributed by atoms with E-state index in [2.05, 4.69) is 6.92 Å². The van der Waals surface area contributed by atoms with Gasteiger partial charge >= 0.3 is 5.97 Å². The van der Waals surface area contributed by atoms with Gasteiger partial charge in [0.15, 0.2) is 0 Å². The third-order valence-corrected chi connectivity index (χ3v) is 2.98. The summed E-state index contributed by atoms with van der Waals surface area (Å²) in [5.74, 6) is -0.202. The van der Waals surface area contributed by atoms with Gasteiger partial charge in [-0.25, -0.2) is 4.79 Å². The first kappa shape index (κ1) is 14.7. The van der Waals surface area contributed by atoms with Crippen LogP contribution in [0.25, 0.3) is 0 Å². The second-order valence-electron chi connectivity index (χ2n) is 4.77. The van der Waals surface area contributed by atoms with Gasteiger partial charge in [0.05, 0.1) is 12.2 Å². The van der Waals surface area contributed by atoms with E-state index >= 15 is 0 Å². The van der Waals surface area contributed by atoms with Crippen molar-refractivity contribution in [2.75, 3.05) is 6.61 Å². The third-order valence-electron chi connectivity index (χ3n) is 2.98. The topological polar surface area (TPSA) is 26.3 Å². The summed E-state index contributed by atoms with van der Waals surface area (Å²) in [6.45, 7) is 4.73. The number of carbonyl (C=O) groups is 1. The summed E-state index contributed by atoms with van der Waals surface area (Å²) >= 11 is 0. The number of unbranched alkanes of at least 4 members (excludes halogenated alkanes) is 5. The normalized spacial score (nSPS) is 10.3. The van der Waals surface area contributed by atoms with Gasteiger partial charge in [-0.3, -0.25) is 0 Å². The van der Waals surface area contributed by atoms with Crippen molar-refractivity contribution in [3.8, 4) is 0 Å². The summed E-state index contributed by atoms with van der Waals surface area (Å²) in [5, 5.41) is 0. The Morgan fingerprint density at radius 1 is 1.11 bits per heavy atom. The molecule has 0 saturated heterocycles. The highest BCUT2D eigenvalue weighted by Crippen LogP contribution is 2.08. The Labute approximate surface area is 110 Å². The van der Waals surface area contributed by atoms with Gasteiger partial charge in [-0.2, -0.15) is 0 Å². The zero-order valence-corrected chi connectivity index (χ0v) is 11.6. The second kappa shape index (κ2) is 8.73. The number of benzene rings is 1. The number of carbonyl (C=O) groups excluding carboxylic acids is 1. The summed E-state index contributed by atoms with van der Waals surface area (Å²) in [6.07, 6.45) is 7.24. The fourth-order valence-corrected chi connectivity index (χ4v) is 1.90. The van der Waals surface area contributed by atoms with Crippen LogP contribution in [0.1, 0.15) is 61.4 Å². The number of ether oxygens (including phenoxy) is 1. The molecule has 0 saturated carbocycles. The molecule has 2 nitrogen and oxygen atoms in total. The lowest BCUT2D eigenvalue weighted by Gasteiger charge is -2.05. The van der Waals surface area contributed by atoms with Crippen LogP contribution in [0.2, 0.25) is 0 Å². The van der Waals surface area contributed by atoms with E-state index in [0.717, 1.165) is 18.4 Å². The Kier molecular flexibility index (Phi) is 7.16. The largest absolute Gasteiger partial charge is 0.462 e. The molecule has 1 aromatic rings. The molecule has 0 spiro atoms. The lowest BCUT2D eigenvalue weighted by atomic mass is 10.1. The SMILES string of the molecule is CCCCCCCCOC(=O)c1cccc(C)c1. The second-order valence-corrected chi connectivity index (χ2v) is 4.77. The number of hydrogen-bond donors (Lipinski definition) is 0. The molecule has 18 heavy (non-hydrogen) atoms. The molecule has 0 unspecified atom stereocenters. The summed E-state index contributed by atoms with van der Waals surface area (Å²) in [6, 6.07) is 7.53. The van der Waals surface area contributed by atoms with Gasteiger partial charge in [-0.15, -0.1) is 0 Å². The van der Waals surface area contributed by atoms with Crippen LogP contribution in [0.15, 0.2) is 24.3 Å². The predicted octanol–water partition coefficient (Wildman–Crippen LogP) is 4.51. The summed E-state index contributed by atoms with van der Waals surface area (Å²) in [5.41, 5.74) is 1.74. The Hall–Kier alpha value is -1.31. The van der Waals surface area contributed by atoms with E-state index in [-0.39, 0.29) is 5.97 Å². The van der Waals surface area contributed by atoms with Crippen molar-refractivity contribution in [3.05, 3.63) is 35.4 Å². The van der Waals surface area contributed by atoms with E-state index in [4.69, 9.17) is 4.74 Å². The van der Waals surface area contributed by atoms with E-state index < -0.39 is 0 Å². The lowest BCUT2D eigenvalue weighted by molar-refractivity contribution is 0.0497. The minimum atomic E-state index is -0.202. The zero-order chi connectivity index (χ0) is 13.2. The molecule has 0 aliphatic rings. The molecule has 0 radical (unpaired) electrons. The highest BCUT2D eigenvalue weighted by Gasteiger charge is 2.06. The summed E-state index contributed by atoms with van der Waals surface area (Å²) in [4.78, 5) is 11.7. The first-order valence-electron chi connectivity index (χ1n) is 6.98. The van der Waals surface area contributed by atoms with Gasteiger partial charge in [0.2, 0.25) is 0 Å². The van der Waals surface area contributed by atoms with E-state index in [1.54, 1.807) is 6.07 Å². The first-order valence-corrected chi connectivity index (χ1v) is 6.98. The monoisotopic (exact) mass is 248 g/mol. The predicted molar refractivity (Wildman–Crippen MR) is 74.8 cm³/mol. The molecule has 0 bridgehead atoms. The highest BCUT2D eigenvalue weighted by atomic mass is 16.5. The summed E-state index contributed by atoms with van der Waals surface area (Å²) < 4.78 is 5.25. The van der Waals surface area contributed by atoms with Crippen molar-refractivity contribution in [1.82, 2.24) is 0 Å². The lowest BCUT2D eigenvalue weighted by Crippen LogP contribution is -2.06. The average Bonchev–Trinajstić information content (AvgIpc) is 2.37. The minimum absolute atomic E-state index is 0.202. The zero-order valence-electron chi connectivity index (χ0n) is 11.6. The average molecular weight is 248 g/mol. The van der Waals surface area contributed by atoms with Crippen molar-refractivity contribution >= 4 is 5.97 Å². The molecule has 0 amide bonds. The van der Waals surface area contributed by atoms with Crippen molar-refractivity contribution in [2.24, 2.45) is 0 Å². The van der Waals surface area contributed by atoms with Gasteiger partial charge in [0.25, 0.3) is 0 Å². The van der Waals surface area contributed by atoms with E-state index in [9.17, 15) is 4.79 Å². The molecule has 2 heteroatoms. The number of rotatable bonds is 8. The van der Waals surface area contributed by atoms with Crippen molar-refractivity contribution in [2.45, 2.75) is 52.4 Å². The molecule has 1 rings (SSSR count). The van der Waals surface area contributed by atoms with E-state index in [1.807, 2.05) is 25.1 Å². The van der Waals surface area contributed by atoms with E-state index in [0.29, 0.717) is 12.2 Å². The molecule has 0 N–H and O–H groups in total. The minimum Gasteiger partial charge on any atom is -0.462 e. The van der Waals surface area contributed by atoms with Crippen LogP contribution >= 0.6 is 0 Å². The van der Waals surface area contributed by atoms with Gasteiger partial charge < -0.3 is 4.74 Å². The molecule has 0 heterocycles. The molecule has 0 aliphatic heterocycles. The smallest absolute Gasteiger partial charge is 0.338 e. The molecular weight excluding hydrogens is 224 g/mol. The van der Waals surface area contributed by atoms with Gasteiger partial charge in [0.1, 0.15) is 0 Å². The van der Waals surface area contributed by atoms with Crippen LogP contribution in [0.4, 0.5) is 0 Å². The Morgan fingerprint density at radius 3 is 2.56 bits per heavy atom. The molecule has 0 aromatic heterocycles. The van der Waals surface area contributed by atoms with Crippen LogP contribution < -0.4 is 0 Å². The quantitative estimate of drug-likeness (QED) is 0.499. The molecule has 0 atom stereocenters. The van der Waals surface area contributed by atoms with Crippen molar-refractivity contribution in [3.63, 3.8) is 0 Å². The fraction of sp³-hybridized carbons (Fsp3) is 0.562. The summed E-state index contributed by atoms with van der Waals surface area (Å²) in [7, 11) is 0. The maximum absolute atomic E-state index is 11.7. The Balaban J connectivity index is 2.14. The van der Waals surface area contributed by atoms with Crippen LogP contribution in [0.5, 0.6) is 0 Å². The highest BCUT2D eigenvalue weighted by molar-refractivity contribution is 5.89. The standard InChI is InChI=1S/C16H24O2/c1-3-4-5-6-7-8-12-18-16(17)15-11-9-10-14(2)13-15/h9-11,13H,3-8,12H2,1-2H3. The molecule has 100 valence electrons. The molecule has 0 fully saturated rings. The first-order chi connectivity index (χ1) is 8.74. The van der Waals surface area contributed by atoms with Gasteiger partial charge in [-0.1, -0.05) is 56.7 Å². The number of hydrogen-bond acceptors (Lipinski definition) is 2. The van der Waals surface area contributed by atoms with Gasteiger partial charge in [0, 0.05) is 0 Å². The maximum Gasteiger partial charge on any atom is 0.338 e. The van der Waals surface area contributed by atoms with Crippen LogP contribution in [-0.4, -0.2) is 12.6 Å².